The van der Waals surface area contributed by atoms with E-state index in [2.05, 4.69) is 38.1 Å². The summed E-state index contributed by atoms with van der Waals surface area (Å²) in [4.78, 5) is 0. The fourth-order valence-electron chi connectivity index (χ4n) is 3.14. The van der Waals surface area contributed by atoms with Gasteiger partial charge in [-0.1, -0.05) is 82.7 Å². The molecule has 0 radical (unpaired) electrons. The Balaban J connectivity index is 2.49. The summed E-state index contributed by atoms with van der Waals surface area (Å²) in [7, 11) is 3.54. The Hall–Kier alpha value is -0.860. The zero-order chi connectivity index (χ0) is 16.3. The van der Waals surface area contributed by atoms with Crippen LogP contribution in [0.1, 0.15) is 64.4 Å². The van der Waals surface area contributed by atoms with Gasteiger partial charge in [-0.2, -0.15) is 0 Å². The molecule has 0 N–H and O–H groups in total. The van der Waals surface area contributed by atoms with E-state index in [1.54, 1.807) is 14.2 Å². The molecule has 1 atom stereocenters. The molecule has 0 aliphatic heterocycles. The molecule has 0 fully saturated rings. The molecule has 0 saturated carbocycles. The normalized spacial score (nSPS) is 13.3. The number of ether oxygens (including phenoxy) is 2. The molecule has 0 heterocycles. The Labute approximate surface area is 137 Å². The number of methoxy groups -OCH3 is 2. The van der Waals surface area contributed by atoms with E-state index < -0.39 is 5.79 Å². The summed E-state index contributed by atoms with van der Waals surface area (Å²) in [6.45, 7) is 4.51. The van der Waals surface area contributed by atoms with E-state index in [0.29, 0.717) is 5.92 Å². The molecule has 1 aromatic carbocycles. The van der Waals surface area contributed by atoms with Crippen molar-refractivity contribution in [2.45, 2.75) is 71.0 Å². The third kappa shape index (κ3) is 6.10. The molecule has 0 aliphatic rings. The summed E-state index contributed by atoms with van der Waals surface area (Å²) in [5.74, 6) is -0.126. The predicted octanol–water partition coefficient (Wildman–Crippen LogP) is 5.60. The van der Waals surface area contributed by atoms with Gasteiger partial charge in [-0.3, -0.25) is 0 Å². The van der Waals surface area contributed by atoms with Gasteiger partial charge in [-0.15, -0.1) is 0 Å². The fourth-order valence-corrected chi connectivity index (χ4v) is 3.14. The Bertz CT molecular complexity index is 371. The predicted molar refractivity (Wildman–Crippen MR) is 94.1 cm³/mol. The number of unbranched alkanes of at least 4 members (excludes halogenated alkanes) is 5. The van der Waals surface area contributed by atoms with Crippen LogP contribution >= 0.6 is 0 Å². The Morgan fingerprint density at radius 2 is 1.50 bits per heavy atom. The van der Waals surface area contributed by atoms with Crippen molar-refractivity contribution in [1.82, 2.24) is 0 Å². The highest BCUT2D eigenvalue weighted by molar-refractivity contribution is 5.16. The van der Waals surface area contributed by atoms with Crippen LogP contribution < -0.4 is 0 Å². The first-order chi connectivity index (χ1) is 10.7. The smallest absolute Gasteiger partial charge is 0.174 e. The minimum Gasteiger partial charge on any atom is -0.353 e. The molecule has 22 heavy (non-hydrogen) atoms. The van der Waals surface area contributed by atoms with Crippen molar-refractivity contribution in [2.75, 3.05) is 14.2 Å². The molecule has 2 heteroatoms. The van der Waals surface area contributed by atoms with E-state index in [0.717, 1.165) is 12.8 Å². The second-order valence-electron chi connectivity index (χ2n) is 6.34. The van der Waals surface area contributed by atoms with E-state index in [4.69, 9.17) is 9.47 Å². The van der Waals surface area contributed by atoms with Gasteiger partial charge in [0.05, 0.1) is 0 Å². The topological polar surface area (TPSA) is 18.5 Å². The number of hydrogen-bond acceptors (Lipinski definition) is 2. The minimum absolute atomic E-state index is 0.383. The Morgan fingerprint density at radius 1 is 0.909 bits per heavy atom. The highest BCUT2D eigenvalue weighted by atomic mass is 16.7. The van der Waals surface area contributed by atoms with Gasteiger partial charge in [-0.25, -0.2) is 0 Å². The molecule has 1 rings (SSSR count). The van der Waals surface area contributed by atoms with Crippen LogP contribution in [0.4, 0.5) is 0 Å². The zero-order valence-corrected chi connectivity index (χ0v) is 14.9. The van der Waals surface area contributed by atoms with Crippen LogP contribution in [0.3, 0.4) is 0 Å². The minimum atomic E-state index is -0.509. The molecule has 2 nitrogen and oxygen atoms in total. The summed E-state index contributed by atoms with van der Waals surface area (Å²) in [6.07, 6.45) is 9.93. The Kier molecular flexibility index (Phi) is 9.42. The van der Waals surface area contributed by atoms with Crippen molar-refractivity contribution in [2.24, 2.45) is 5.92 Å². The van der Waals surface area contributed by atoms with Gasteiger partial charge in [0.15, 0.2) is 5.79 Å². The van der Waals surface area contributed by atoms with E-state index in [9.17, 15) is 0 Å². The summed E-state index contributed by atoms with van der Waals surface area (Å²) >= 11 is 0. The van der Waals surface area contributed by atoms with Crippen molar-refractivity contribution < 1.29 is 9.47 Å². The Morgan fingerprint density at radius 3 is 2.09 bits per heavy atom. The molecule has 1 aromatic rings. The molecule has 0 aromatic heterocycles. The van der Waals surface area contributed by atoms with Crippen molar-refractivity contribution in [3.63, 3.8) is 0 Å². The van der Waals surface area contributed by atoms with Crippen LogP contribution in [0, 0.1) is 5.92 Å². The van der Waals surface area contributed by atoms with Crippen molar-refractivity contribution >= 4 is 0 Å². The molecule has 1 unspecified atom stereocenters. The molecule has 0 aliphatic carbocycles. The lowest BCUT2D eigenvalue weighted by Gasteiger charge is -2.37. The van der Waals surface area contributed by atoms with Gasteiger partial charge < -0.3 is 9.47 Å². The second-order valence-corrected chi connectivity index (χ2v) is 6.34. The van der Waals surface area contributed by atoms with Crippen LogP contribution in [0.5, 0.6) is 0 Å². The lowest BCUT2D eigenvalue weighted by Crippen LogP contribution is -2.43. The van der Waals surface area contributed by atoms with Crippen LogP contribution in [0.25, 0.3) is 0 Å². The van der Waals surface area contributed by atoms with Crippen LogP contribution in [0.15, 0.2) is 30.3 Å². The average molecular weight is 306 g/mol. The molecule has 126 valence electrons. The first kappa shape index (κ1) is 19.2. The largest absolute Gasteiger partial charge is 0.353 e. The van der Waals surface area contributed by atoms with Gasteiger partial charge in [0.25, 0.3) is 0 Å². The fraction of sp³-hybridized carbons (Fsp3) is 0.700. The molecular weight excluding hydrogens is 272 g/mol. The quantitative estimate of drug-likeness (QED) is 0.369. The van der Waals surface area contributed by atoms with Crippen LogP contribution in [-0.2, 0) is 15.9 Å². The third-order valence-corrected chi connectivity index (χ3v) is 4.73. The molecule has 0 bridgehead atoms. The third-order valence-electron chi connectivity index (χ3n) is 4.73. The van der Waals surface area contributed by atoms with Gasteiger partial charge in [-0.05, 0) is 12.0 Å². The van der Waals surface area contributed by atoms with Gasteiger partial charge >= 0.3 is 0 Å². The maximum absolute atomic E-state index is 5.83. The van der Waals surface area contributed by atoms with Gasteiger partial charge in [0, 0.05) is 26.6 Å². The molecule has 0 spiro atoms. The molecular formula is C20H34O2. The maximum atomic E-state index is 5.83. The van der Waals surface area contributed by atoms with Crippen molar-refractivity contribution in [3.05, 3.63) is 35.9 Å². The van der Waals surface area contributed by atoms with Crippen LogP contribution in [0.2, 0.25) is 0 Å². The number of benzene rings is 1. The summed E-state index contributed by atoms with van der Waals surface area (Å²) in [5, 5.41) is 0. The van der Waals surface area contributed by atoms with Crippen molar-refractivity contribution in [1.29, 1.82) is 0 Å². The standard InChI is InChI=1S/C20H34O2/c1-5-6-7-8-9-11-14-18(2)20(21-3,22-4)17-19-15-12-10-13-16-19/h10,12-13,15-16,18H,5-9,11,14,17H2,1-4H3. The summed E-state index contributed by atoms with van der Waals surface area (Å²) in [6, 6.07) is 10.5. The molecule has 0 saturated heterocycles. The van der Waals surface area contributed by atoms with Crippen LogP contribution in [-0.4, -0.2) is 20.0 Å². The van der Waals surface area contributed by atoms with Crippen molar-refractivity contribution in [3.8, 4) is 0 Å². The average Bonchev–Trinajstić information content (AvgIpc) is 2.56. The van der Waals surface area contributed by atoms with E-state index in [1.807, 2.05) is 6.07 Å². The zero-order valence-electron chi connectivity index (χ0n) is 14.9. The number of hydrogen-bond donors (Lipinski definition) is 0. The monoisotopic (exact) mass is 306 g/mol. The maximum Gasteiger partial charge on any atom is 0.174 e. The van der Waals surface area contributed by atoms with E-state index >= 15 is 0 Å². The second kappa shape index (κ2) is 10.8. The number of rotatable bonds is 12. The highest BCUT2D eigenvalue weighted by Gasteiger charge is 2.36. The SMILES string of the molecule is CCCCCCCCC(C)C(Cc1ccccc1)(OC)OC. The van der Waals surface area contributed by atoms with Gasteiger partial charge in [0.2, 0.25) is 0 Å². The lowest BCUT2D eigenvalue weighted by molar-refractivity contribution is -0.237. The van der Waals surface area contributed by atoms with E-state index in [1.165, 1.54) is 44.1 Å². The first-order valence-corrected chi connectivity index (χ1v) is 8.82. The van der Waals surface area contributed by atoms with Gasteiger partial charge in [0.1, 0.15) is 0 Å². The summed E-state index contributed by atoms with van der Waals surface area (Å²) < 4.78 is 11.7. The first-order valence-electron chi connectivity index (χ1n) is 8.82. The summed E-state index contributed by atoms with van der Waals surface area (Å²) in [5.41, 5.74) is 1.26. The van der Waals surface area contributed by atoms with E-state index in [-0.39, 0.29) is 0 Å². The lowest BCUT2D eigenvalue weighted by atomic mass is 9.89. The highest BCUT2D eigenvalue weighted by Crippen LogP contribution is 2.31. The molecule has 0 amide bonds.